The summed E-state index contributed by atoms with van der Waals surface area (Å²) in [6.07, 6.45) is 2.01. The zero-order valence-corrected chi connectivity index (χ0v) is 15.2. The molecule has 0 radical (unpaired) electrons. The molecule has 1 aliphatic rings. The van der Waals surface area contributed by atoms with Crippen LogP contribution < -0.4 is 14.8 Å². The molecule has 3 rings (SSSR count). The molecule has 1 amide bonds. The van der Waals surface area contributed by atoms with Gasteiger partial charge in [-0.1, -0.05) is 6.07 Å². The van der Waals surface area contributed by atoms with Gasteiger partial charge in [-0.05, 0) is 36.2 Å². The number of carbonyl (C=O) groups excluding carboxylic acids is 1. The Morgan fingerprint density at radius 1 is 1.19 bits per heavy atom. The van der Waals surface area contributed by atoms with E-state index in [0.29, 0.717) is 24.6 Å². The molecule has 7 nitrogen and oxygen atoms in total. The number of pyridine rings is 1. The number of aromatic nitrogens is 1. The number of sulfone groups is 1. The molecule has 0 unspecified atom stereocenters. The van der Waals surface area contributed by atoms with Crippen LogP contribution in [0.4, 0.5) is 0 Å². The van der Waals surface area contributed by atoms with Crippen molar-refractivity contribution in [3.05, 3.63) is 48.2 Å². The maximum atomic E-state index is 12.0. The molecule has 26 heavy (non-hydrogen) atoms. The zero-order valence-electron chi connectivity index (χ0n) is 14.3. The van der Waals surface area contributed by atoms with Crippen LogP contribution >= 0.6 is 0 Å². The average Bonchev–Trinajstić information content (AvgIpc) is 3.01. The van der Waals surface area contributed by atoms with Gasteiger partial charge in [0.1, 0.15) is 11.5 Å². The molecule has 0 aliphatic carbocycles. The standard InChI is InChI=1S/C18H20N2O5S/c1-24-15-3-5-16(6-4-15)25-17-7-2-13(10-19-17)11-20-18(21)14-8-9-26(22,23)12-14/h2-7,10,14H,8-9,11-12H2,1H3,(H,20,21)/t14-/m0/s1. The lowest BCUT2D eigenvalue weighted by atomic mass is 10.1. The fourth-order valence-corrected chi connectivity index (χ4v) is 4.42. The van der Waals surface area contributed by atoms with E-state index in [-0.39, 0.29) is 17.4 Å². The van der Waals surface area contributed by atoms with Crippen molar-refractivity contribution in [3.8, 4) is 17.4 Å². The number of ether oxygens (including phenoxy) is 2. The van der Waals surface area contributed by atoms with Crippen LogP contribution in [0.5, 0.6) is 17.4 Å². The van der Waals surface area contributed by atoms with E-state index < -0.39 is 15.8 Å². The molecular weight excluding hydrogens is 356 g/mol. The van der Waals surface area contributed by atoms with Crippen molar-refractivity contribution in [2.75, 3.05) is 18.6 Å². The molecule has 2 aromatic rings. The minimum absolute atomic E-state index is 0.0638. The van der Waals surface area contributed by atoms with E-state index in [1.807, 2.05) is 0 Å². The van der Waals surface area contributed by atoms with Gasteiger partial charge in [0.25, 0.3) is 0 Å². The minimum Gasteiger partial charge on any atom is -0.497 e. The van der Waals surface area contributed by atoms with Crippen LogP contribution in [0.15, 0.2) is 42.6 Å². The van der Waals surface area contributed by atoms with Gasteiger partial charge in [0, 0.05) is 18.8 Å². The first-order chi connectivity index (χ1) is 12.4. The summed E-state index contributed by atoms with van der Waals surface area (Å²) in [6, 6.07) is 10.7. The molecule has 0 saturated carbocycles. The maximum absolute atomic E-state index is 12.0. The summed E-state index contributed by atoms with van der Waals surface area (Å²) >= 11 is 0. The average molecular weight is 376 g/mol. The van der Waals surface area contributed by atoms with E-state index >= 15 is 0 Å². The minimum atomic E-state index is -3.06. The number of benzene rings is 1. The second-order valence-corrected chi connectivity index (χ2v) is 8.33. The highest BCUT2D eigenvalue weighted by atomic mass is 32.2. The molecule has 138 valence electrons. The molecule has 1 saturated heterocycles. The summed E-state index contributed by atoms with van der Waals surface area (Å²) in [7, 11) is -1.46. The van der Waals surface area contributed by atoms with Gasteiger partial charge in [-0.3, -0.25) is 4.79 Å². The summed E-state index contributed by atoms with van der Waals surface area (Å²) in [5.74, 6) is 1.16. The van der Waals surface area contributed by atoms with E-state index in [4.69, 9.17) is 9.47 Å². The molecule has 1 atom stereocenters. The number of nitrogens with one attached hydrogen (secondary N) is 1. The fraction of sp³-hybridized carbons (Fsp3) is 0.333. The molecular formula is C18H20N2O5S. The van der Waals surface area contributed by atoms with Crippen LogP contribution in [-0.2, 0) is 21.2 Å². The second-order valence-electron chi connectivity index (χ2n) is 6.10. The monoisotopic (exact) mass is 376 g/mol. The first kappa shape index (κ1) is 18.2. The molecule has 1 aromatic carbocycles. The molecule has 8 heteroatoms. The Labute approximate surface area is 152 Å². The van der Waals surface area contributed by atoms with E-state index in [1.54, 1.807) is 49.7 Å². The number of amides is 1. The Morgan fingerprint density at radius 2 is 1.92 bits per heavy atom. The number of rotatable bonds is 6. The van der Waals surface area contributed by atoms with Gasteiger partial charge in [0.2, 0.25) is 11.8 Å². The first-order valence-corrected chi connectivity index (χ1v) is 10.0. The lowest BCUT2D eigenvalue weighted by Gasteiger charge is -2.10. The van der Waals surface area contributed by atoms with Crippen molar-refractivity contribution in [1.29, 1.82) is 0 Å². The molecule has 1 fully saturated rings. The highest BCUT2D eigenvalue weighted by Crippen LogP contribution is 2.22. The third kappa shape index (κ3) is 4.72. The van der Waals surface area contributed by atoms with Crippen molar-refractivity contribution >= 4 is 15.7 Å². The topological polar surface area (TPSA) is 94.6 Å². The summed E-state index contributed by atoms with van der Waals surface area (Å²) in [5.41, 5.74) is 0.807. The van der Waals surface area contributed by atoms with Crippen LogP contribution in [-0.4, -0.2) is 37.9 Å². The predicted octanol–water partition coefficient (Wildman–Crippen LogP) is 1.93. The summed E-state index contributed by atoms with van der Waals surface area (Å²) in [5, 5.41) is 2.76. The van der Waals surface area contributed by atoms with Gasteiger partial charge in [-0.15, -0.1) is 0 Å². The number of hydrogen-bond acceptors (Lipinski definition) is 6. The van der Waals surface area contributed by atoms with Crippen LogP contribution in [0, 0.1) is 5.92 Å². The number of methoxy groups -OCH3 is 1. The third-order valence-corrected chi connectivity index (χ3v) is 5.92. The Hall–Kier alpha value is -2.61. The largest absolute Gasteiger partial charge is 0.497 e. The van der Waals surface area contributed by atoms with Gasteiger partial charge < -0.3 is 14.8 Å². The zero-order chi connectivity index (χ0) is 18.6. The van der Waals surface area contributed by atoms with E-state index in [9.17, 15) is 13.2 Å². The van der Waals surface area contributed by atoms with Gasteiger partial charge in [0.05, 0.1) is 24.5 Å². The lowest BCUT2D eigenvalue weighted by Crippen LogP contribution is -2.30. The van der Waals surface area contributed by atoms with Crippen molar-refractivity contribution < 1.29 is 22.7 Å². The quantitative estimate of drug-likeness (QED) is 0.828. The Bertz CT molecular complexity index is 863. The maximum Gasteiger partial charge on any atom is 0.224 e. The molecule has 1 aromatic heterocycles. The molecule has 0 bridgehead atoms. The SMILES string of the molecule is COc1ccc(Oc2ccc(CNC(=O)[C@H]3CCS(=O)(=O)C3)cn2)cc1. The molecule has 1 aliphatic heterocycles. The molecule has 0 spiro atoms. The second kappa shape index (κ2) is 7.74. The Kier molecular flexibility index (Phi) is 5.41. The van der Waals surface area contributed by atoms with E-state index in [1.165, 1.54) is 0 Å². The third-order valence-electron chi connectivity index (χ3n) is 4.15. The fourth-order valence-electron chi connectivity index (χ4n) is 2.68. The van der Waals surface area contributed by atoms with Gasteiger partial charge in [-0.2, -0.15) is 0 Å². The van der Waals surface area contributed by atoms with Crippen molar-refractivity contribution in [2.24, 2.45) is 5.92 Å². The van der Waals surface area contributed by atoms with E-state index in [2.05, 4.69) is 10.3 Å². The predicted molar refractivity (Wildman–Crippen MR) is 95.9 cm³/mol. The number of carbonyl (C=O) groups is 1. The van der Waals surface area contributed by atoms with Gasteiger partial charge in [0.15, 0.2) is 9.84 Å². The van der Waals surface area contributed by atoms with E-state index in [0.717, 1.165) is 11.3 Å². The summed E-state index contributed by atoms with van der Waals surface area (Å²) in [4.78, 5) is 16.3. The molecule has 2 heterocycles. The Morgan fingerprint density at radius 3 is 2.50 bits per heavy atom. The molecule has 1 N–H and O–H groups in total. The summed E-state index contributed by atoms with van der Waals surface area (Å²) < 4.78 is 33.6. The summed E-state index contributed by atoms with van der Waals surface area (Å²) in [6.45, 7) is 0.297. The highest BCUT2D eigenvalue weighted by Gasteiger charge is 2.32. The van der Waals surface area contributed by atoms with Crippen LogP contribution in [0.25, 0.3) is 0 Å². The first-order valence-electron chi connectivity index (χ1n) is 8.20. The van der Waals surface area contributed by atoms with Crippen LogP contribution in [0.1, 0.15) is 12.0 Å². The van der Waals surface area contributed by atoms with Crippen LogP contribution in [0.2, 0.25) is 0 Å². The Balaban J connectivity index is 1.52. The van der Waals surface area contributed by atoms with Gasteiger partial charge >= 0.3 is 0 Å². The van der Waals surface area contributed by atoms with Crippen LogP contribution in [0.3, 0.4) is 0 Å². The van der Waals surface area contributed by atoms with Crippen molar-refractivity contribution in [1.82, 2.24) is 10.3 Å². The number of nitrogens with zero attached hydrogens (tertiary/aromatic N) is 1. The number of hydrogen-bond donors (Lipinski definition) is 1. The lowest BCUT2D eigenvalue weighted by molar-refractivity contribution is -0.124. The van der Waals surface area contributed by atoms with Crippen molar-refractivity contribution in [3.63, 3.8) is 0 Å². The smallest absolute Gasteiger partial charge is 0.224 e. The van der Waals surface area contributed by atoms with Gasteiger partial charge in [-0.25, -0.2) is 13.4 Å². The normalized spacial score (nSPS) is 18.3. The van der Waals surface area contributed by atoms with Crippen molar-refractivity contribution in [2.45, 2.75) is 13.0 Å². The highest BCUT2D eigenvalue weighted by molar-refractivity contribution is 7.91.